The number of hydrogen-bond acceptors (Lipinski definition) is 5. The van der Waals surface area contributed by atoms with Crippen molar-refractivity contribution in [2.75, 3.05) is 7.11 Å². The SMILES string of the molecule is COC(=O)c1sc(OCc2ccccc2F)nc1Cl. The molecule has 0 aliphatic heterocycles. The number of carbonyl (C=O) groups excluding carboxylic acids is 1. The Kier molecular flexibility index (Phi) is 4.34. The van der Waals surface area contributed by atoms with Crippen molar-refractivity contribution >= 4 is 28.9 Å². The maximum atomic E-state index is 13.4. The minimum Gasteiger partial charge on any atom is -0.465 e. The van der Waals surface area contributed by atoms with Crippen LogP contribution in [0.1, 0.15) is 15.2 Å². The van der Waals surface area contributed by atoms with E-state index in [0.717, 1.165) is 11.3 Å². The predicted molar refractivity (Wildman–Crippen MR) is 69.2 cm³/mol. The van der Waals surface area contributed by atoms with Crippen molar-refractivity contribution in [2.45, 2.75) is 6.61 Å². The van der Waals surface area contributed by atoms with Gasteiger partial charge in [-0.3, -0.25) is 0 Å². The third kappa shape index (κ3) is 3.21. The first-order valence-electron chi connectivity index (χ1n) is 5.22. The monoisotopic (exact) mass is 301 g/mol. The number of rotatable bonds is 4. The van der Waals surface area contributed by atoms with E-state index in [1.165, 1.54) is 13.2 Å². The highest BCUT2D eigenvalue weighted by atomic mass is 35.5. The Morgan fingerprint density at radius 2 is 2.21 bits per heavy atom. The zero-order valence-electron chi connectivity index (χ0n) is 9.85. The van der Waals surface area contributed by atoms with Crippen molar-refractivity contribution in [3.63, 3.8) is 0 Å². The van der Waals surface area contributed by atoms with Gasteiger partial charge in [0.1, 0.15) is 12.4 Å². The molecule has 0 saturated carbocycles. The summed E-state index contributed by atoms with van der Waals surface area (Å²) in [6.45, 7) is 0.0110. The zero-order valence-corrected chi connectivity index (χ0v) is 11.4. The van der Waals surface area contributed by atoms with Crippen molar-refractivity contribution in [1.29, 1.82) is 0 Å². The summed E-state index contributed by atoms with van der Waals surface area (Å²) in [6.07, 6.45) is 0. The van der Waals surface area contributed by atoms with Gasteiger partial charge in [0, 0.05) is 5.56 Å². The van der Waals surface area contributed by atoms with Gasteiger partial charge in [0.15, 0.2) is 10.0 Å². The number of nitrogens with zero attached hydrogens (tertiary/aromatic N) is 1. The Morgan fingerprint density at radius 3 is 2.89 bits per heavy atom. The number of esters is 1. The maximum absolute atomic E-state index is 13.4. The quantitative estimate of drug-likeness (QED) is 0.813. The number of thiazole rings is 1. The molecule has 0 amide bonds. The van der Waals surface area contributed by atoms with Gasteiger partial charge in [-0.25, -0.2) is 9.18 Å². The molecule has 0 fully saturated rings. The molecule has 0 atom stereocenters. The van der Waals surface area contributed by atoms with E-state index in [0.29, 0.717) is 5.56 Å². The van der Waals surface area contributed by atoms with Crippen LogP contribution in [-0.4, -0.2) is 18.1 Å². The fourth-order valence-corrected chi connectivity index (χ4v) is 2.36. The number of hydrogen-bond donors (Lipinski definition) is 0. The van der Waals surface area contributed by atoms with E-state index in [2.05, 4.69) is 9.72 Å². The van der Waals surface area contributed by atoms with Crippen molar-refractivity contribution < 1.29 is 18.7 Å². The van der Waals surface area contributed by atoms with Crippen LogP contribution in [0.25, 0.3) is 0 Å². The molecule has 0 aliphatic carbocycles. The van der Waals surface area contributed by atoms with Crippen LogP contribution in [0.2, 0.25) is 5.15 Å². The van der Waals surface area contributed by atoms with Gasteiger partial charge in [-0.05, 0) is 6.07 Å². The van der Waals surface area contributed by atoms with Gasteiger partial charge in [-0.1, -0.05) is 41.1 Å². The molecule has 0 spiro atoms. The lowest BCUT2D eigenvalue weighted by Gasteiger charge is -2.02. The fraction of sp³-hybridized carbons (Fsp3) is 0.167. The minimum absolute atomic E-state index is 0.0110. The van der Waals surface area contributed by atoms with Crippen LogP contribution < -0.4 is 4.74 Å². The van der Waals surface area contributed by atoms with Gasteiger partial charge in [-0.15, -0.1) is 0 Å². The van der Waals surface area contributed by atoms with Gasteiger partial charge < -0.3 is 9.47 Å². The lowest BCUT2D eigenvalue weighted by molar-refractivity contribution is 0.0606. The zero-order chi connectivity index (χ0) is 13.8. The maximum Gasteiger partial charge on any atom is 0.351 e. The van der Waals surface area contributed by atoms with E-state index < -0.39 is 5.97 Å². The molecule has 1 heterocycles. The fourth-order valence-electron chi connectivity index (χ4n) is 1.32. The summed E-state index contributed by atoms with van der Waals surface area (Å²) in [5.74, 6) is -0.943. The van der Waals surface area contributed by atoms with Crippen LogP contribution in [0.3, 0.4) is 0 Å². The molecular formula is C12H9ClFNO3S. The van der Waals surface area contributed by atoms with Crippen LogP contribution in [0.15, 0.2) is 24.3 Å². The molecule has 0 radical (unpaired) electrons. The van der Waals surface area contributed by atoms with Crippen molar-refractivity contribution in [2.24, 2.45) is 0 Å². The number of benzene rings is 1. The van der Waals surface area contributed by atoms with E-state index in [4.69, 9.17) is 16.3 Å². The molecule has 0 unspecified atom stereocenters. The van der Waals surface area contributed by atoms with E-state index in [1.807, 2.05) is 0 Å². The lowest BCUT2D eigenvalue weighted by atomic mass is 10.2. The van der Waals surface area contributed by atoms with E-state index in [-0.39, 0.29) is 27.6 Å². The second-order valence-electron chi connectivity index (χ2n) is 3.47. The Hall–Kier alpha value is -1.66. The third-order valence-corrected chi connectivity index (χ3v) is 3.58. The average molecular weight is 302 g/mol. The summed E-state index contributed by atoms with van der Waals surface area (Å²) in [6, 6.07) is 6.24. The van der Waals surface area contributed by atoms with Crippen LogP contribution in [-0.2, 0) is 11.3 Å². The number of aromatic nitrogens is 1. The van der Waals surface area contributed by atoms with Crippen LogP contribution in [0, 0.1) is 5.82 Å². The lowest BCUT2D eigenvalue weighted by Crippen LogP contribution is -1.98. The molecule has 0 bridgehead atoms. The largest absolute Gasteiger partial charge is 0.465 e. The average Bonchev–Trinajstić information content (AvgIpc) is 2.78. The van der Waals surface area contributed by atoms with E-state index >= 15 is 0 Å². The molecule has 19 heavy (non-hydrogen) atoms. The van der Waals surface area contributed by atoms with Crippen molar-refractivity contribution in [3.8, 4) is 5.19 Å². The smallest absolute Gasteiger partial charge is 0.351 e. The van der Waals surface area contributed by atoms with Gasteiger partial charge in [0.2, 0.25) is 0 Å². The normalized spacial score (nSPS) is 10.3. The molecule has 0 aliphatic rings. The summed E-state index contributed by atoms with van der Waals surface area (Å²) >= 11 is 6.73. The molecule has 0 saturated heterocycles. The van der Waals surface area contributed by atoms with Crippen molar-refractivity contribution in [3.05, 3.63) is 45.7 Å². The van der Waals surface area contributed by atoms with E-state index in [9.17, 15) is 9.18 Å². The Bertz CT molecular complexity index is 602. The Morgan fingerprint density at radius 1 is 1.47 bits per heavy atom. The first-order valence-corrected chi connectivity index (χ1v) is 6.42. The summed E-state index contributed by atoms with van der Waals surface area (Å²) in [4.78, 5) is 15.3. The predicted octanol–water partition coefficient (Wildman–Crippen LogP) is 3.30. The molecule has 7 heteroatoms. The molecule has 2 rings (SSSR count). The van der Waals surface area contributed by atoms with Crippen LogP contribution >= 0.6 is 22.9 Å². The van der Waals surface area contributed by atoms with Crippen LogP contribution in [0.4, 0.5) is 4.39 Å². The second-order valence-corrected chi connectivity index (χ2v) is 4.79. The van der Waals surface area contributed by atoms with Crippen LogP contribution in [0.5, 0.6) is 5.19 Å². The molecule has 2 aromatic rings. The molecule has 100 valence electrons. The summed E-state index contributed by atoms with van der Waals surface area (Å²) in [5, 5.41) is 0.203. The molecular weight excluding hydrogens is 293 g/mol. The minimum atomic E-state index is -0.580. The standard InChI is InChI=1S/C12H9ClFNO3S/c1-17-11(16)9-10(13)15-12(19-9)18-6-7-4-2-3-5-8(7)14/h2-5H,6H2,1H3. The topological polar surface area (TPSA) is 48.4 Å². The molecule has 0 N–H and O–H groups in total. The highest BCUT2D eigenvalue weighted by Crippen LogP contribution is 2.29. The van der Waals surface area contributed by atoms with Gasteiger partial charge in [0.05, 0.1) is 7.11 Å². The van der Waals surface area contributed by atoms with Gasteiger partial charge in [-0.2, -0.15) is 4.98 Å². The van der Waals surface area contributed by atoms with Gasteiger partial charge in [0.25, 0.3) is 5.19 Å². The molecule has 4 nitrogen and oxygen atoms in total. The number of ether oxygens (including phenoxy) is 2. The number of halogens is 2. The third-order valence-electron chi connectivity index (χ3n) is 2.25. The molecule has 1 aromatic heterocycles. The highest BCUT2D eigenvalue weighted by Gasteiger charge is 2.18. The Balaban J connectivity index is 2.09. The summed E-state index contributed by atoms with van der Waals surface area (Å²) in [5.41, 5.74) is 0.397. The first kappa shape index (κ1) is 13.8. The Labute approximate surface area is 117 Å². The van der Waals surface area contributed by atoms with Gasteiger partial charge >= 0.3 is 5.97 Å². The first-order chi connectivity index (χ1) is 9.11. The van der Waals surface area contributed by atoms with Crippen molar-refractivity contribution in [1.82, 2.24) is 4.98 Å². The summed E-state index contributed by atoms with van der Waals surface area (Å²) < 4.78 is 23.2. The van der Waals surface area contributed by atoms with E-state index in [1.54, 1.807) is 18.2 Å². The number of carbonyl (C=O) groups is 1. The second kappa shape index (κ2) is 5.99. The summed E-state index contributed by atoms with van der Waals surface area (Å²) in [7, 11) is 1.25. The number of methoxy groups -OCH3 is 1. The highest BCUT2D eigenvalue weighted by molar-refractivity contribution is 7.15. The molecule has 1 aromatic carbocycles.